The standard InChI is InChI=1S/C20H20F6N4O3/c1-33-18(32)30-6-4-29(5-7-30)17(31)15-9-13(16(28-15)20(24,25)26)11-2-3-12(10-27)14(8-11)19(21,22)23/h2-3,8,13,15-16,28H,4-7,9H2,1H3/t13?,15-,16+/m0/s1. The van der Waals surface area contributed by atoms with Gasteiger partial charge < -0.3 is 14.5 Å². The van der Waals surface area contributed by atoms with Crippen molar-refractivity contribution < 1.29 is 40.7 Å². The zero-order valence-electron chi connectivity index (χ0n) is 17.3. The van der Waals surface area contributed by atoms with Gasteiger partial charge in [0, 0.05) is 32.1 Å². The molecule has 180 valence electrons. The summed E-state index contributed by atoms with van der Waals surface area (Å²) < 4.78 is 85.7. The molecular formula is C20H20F6N4O3. The number of alkyl halides is 6. The van der Waals surface area contributed by atoms with Crippen molar-refractivity contribution >= 4 is 12.0 Å². The Hall–Kier alpha value is -3.01. The molecular weight excluding hydrogens is 458 g/mol. The van der Waals surface area contributed by atoms with Crippen LogP contribution in [0.5, 0.6) is 0 Å². The van der Waals surface area contributed by atoms with Crippen LogP contribution in [-0.4, -0.2) is 73.3 Å². The predicted octanol–water partition coefficient (Wildman–Crippen LogP) is 2.86. The number of piperazine rings is 1. The number of nitriles is 1. The first-order valence-corrected chi connectivity index (χ1v) is 9.92. The lowest BCUT2D eigenvalue weighted by atomic mass is 9.88. The van der Waals surface area contributed by atoms with Gasteiger partial charge >= 0.3 is 18.4 Å². The molecule has 1 aromatic rings. The van der Waals surface area contributed by atoms with Crippen LogP contribution in [0.4, 0.5) is 31.1 Å². The molecule has 1 N–H and O–H groups in total. The largest absolute Gasteiger partial charge is 0.453 e. The summed E-state index contributed by atoms with van der Waals surface area (Å²) in [5.41, 5.74) is -2.28. The summed E-state index contributed by atoms with van der Waals surface area (Å²) in [6.07, 6.45) is -10.7. The van der Waals surface area contributed by atoms with Crippen molar-refractivity contribution in [3.63, 3.8) is 0 Å². The Morgan fingerprint density at radius 3 is 2.21 bits per heavy atom. The molecule has 2 saturated heterocycles. The third-order valence-electron chi connectivity index (χ3n) is 5.85. The second kappa shape index (κ2) is 9.09. The maximum Gasteiger partial charge on any atom is 0.417 e. The molecule has 33 heavy (non-hydrogen) atoms. The molecule has 2 heterocycles. The van der Waals surface area contributed by atoms with Crippen LogP contribution in [-0.2, 0) is 15.7 Å². The van der Waals surface area contributed by atoms with Crippen molar-refractivity contribution in [3.8, 4) is 6.07 Å². The fraction of sp³-hybridized carbons (Fsp3) is 0.550. The fourth-order valence-electron chi connectivity index (χ4n) is 4.20. The highest BCUT2D eigenvalue weighted by Crippen LogP contribution is 2.42. The van der Waals surface area contributed by atoms with Crippen molar-refractivity contribution in [1.82, 2.24) is 15.1 Å². The van der Waals surface area contributed by atoms with E-state index in [9.17, 15) is 35.9 Å². The first kappa shape index (κ1) is 24.6. The van der Waals surface area contributed by atoms with Gasteiger partial charge in [-0.05, 0) is 24.1 Å². The van der Waals surface area contributed by atoms with E-state index in [1.807, 2.05) is 0 Å². The number of carbonyl (C=O) groups excluding carboxylic acids is 2. The quantitative estimate of drug-likeness (QED) is 0.661. The van der Waals surface area contributed by atoms with E-state index < -0.39 is 53.5 Å². The number of hydrogen-bond acceptors (Lipinski definition) is 5. The summed E-state index contributed by atoms with van der Waals surface area (Å²) in [5, 5.41) is 11.2. The Balaban J connectivity index is 1.82. The lowest BCUT2D eigenvalue weighted by Gasteiger charge is -2.35. The molecule has 0 radical (unpaired) electrons. The normalized spacial score (nSPS) is 23.9. The summed E-state index contributed by atoms with van der Waals surface area (Å²) in [6, 6.07) is 0.329. The molecule has 2 aliphatic rings. The second-order valence-electron chi connectivity index (χ2n) is 7.78. The van der Waals surface area contributed by atoms with Gasteiger partial charge in [-0.2, -0.15) is 31.6 Å². The van der Waals surface area contributed by atoms with Gasteiger partial charge in [-0.25, -0.2) is 4.79 Å². The Morgan fingerprint density at radius 2 is 1.70 bits per heavy atom. The monoisotopic (exact) mass is 478 g/mol. The Bertz CT molecular complexity index is 951. The molecule has 13 heteroatoms. The summed E-state index contributed by atoms with van der Waals surface area (Å²) in [4.78, 5) is 27.1. The van der Waals surface area contributed by atoms with E-state index in [0.29, 0.717) is 6.07 Å². The Morgan fingerprint density at radius 1 is 1.09 bits per heavy atom. The van der Waals surface area contributed by atoms with Crippen LogP contribution in [0.15, 0.2) is 18.2 Å². The number of nitrogens with one attached hydrogen (secondary N) is 1. The van der Waals surface area contributed by atoms with Gasteiger partial charge in [0.05, 0.1) is 30.3 Å². The van der Waals surface area contributed by atoms with E-state index >= 15 is 0 Å². The SMILES string of the molecule is COC(=O)N1CCN(C(=O)[C@@H]2CC(c3ccc(C#N)c(C(F)(F)F)c3)[C@H](C(F)(F)F)N2)CC1. The van der Waals surface area contributed by atoms with Gasteiger partial charge in [-0.1, -0.05) is 6.07 Å². The highest BCUT2D eigenvalue weighted by atomic mass is 19.4. The van der Waals surface area contributed by atoms with Crippen molar-refractivity contribution in [2.45, 2.75) is 36.8 Å². The highest BCUT2D eigenvalue weighted by molar-refractivity contribution is 5.83. The molecule has 2 amide bonds. The molecule has 1 unspecified atom stereocenters. The highest BCUT2D eigenvalue weighted by Gasteiger charge is 2.53. The number of rotatable bonds is 2. The maximum absolute atomic E-state index is 13.7. The summed E-state index contributed by atoms with van der Waals surface area (Å²) in [6.45, 7) is 0.453. The lowest BCUT2D eigenvalue weighted by molar-refractivity contribution is -0.156. The van der Waals surface area contributed by atoms with Gasteiger partial charge in [0.2, 0.25) is 5.91 Å². The minimum Gasteiger partial charge on any atom is -0.453 e. The zero-order chi connectivity index (χ0) is 24.6. The number of methoxy groups -OCH3 is 1. The van der Waals surface area contributed by atoms with Crippen LogP contribution in [0.3, 0.4) is 0 Å². The molecule has 7 nitrogen and oxygen atoms in total. The molecule has 1 aromatic carbocycles. The topological polar surface area (TPSA) is 85.7 Å². The molecule has 0 spiro atoms. The number of carbonyl (C=O) groups is 2. The summed E-state index contributed by atoms with van der Waals surface area (Å²) >= 11 is 0. The van der Waals surface area contributed by atoms with Gasteiger partial charge in [-0.3, -0.25) is 10.1 Å². The van der Waals surface area contributed by atoms with Gasteiger partial charge in [0.15, 0.2) is 0 Å². The van der Waals surface area contributed by atoms with E-state index in [1.54, 1.807) is 0 Å². The Kier molecular flexibility index (Phi) is 6.78. The van der Waals surface area contributed by atoms with Crippen LogP contribution in [0.2, 0.25) is 0 Å². The summed E-state index contributed by atoms with van der Waals surface area (Å²) in [5.74, 6) is -2.08. The molecule has 0 bridgehead atoms. The average molecular weight is 478 g/mol. The third-order valence-corrected chi connectivity index (χ3v) is 5.85. The predicted molar refractivity (Wildman–Crippen MR) is 101 cm³/mol. The van der Waals surface area contributed by atoms with Crippen molar-refractivity contribution in [2.24, 2.45) is 0 Å². The zero-order valence-corrected chi connectivity index (χ0v) is 17.3. The number of halogens is 6. The molecule has 0 aliphatic carbocycles. The molecule has 3 rings (SSSR count). The number of amides is 2. The number of nitrogens with zero attached hydrogens (tertiary/aromatic N) is 3. The van der Waals surface area contributed by atoms with Gasteiger partial charge in [0.25, 0.3) is 0 Å². The van der Waals surface area contributed by atoms with Crippen LogP contribution < -0.4 is 5.32 Å². The number of benzene rings is 1. The van der Waals surface area contributed by atoms with Crippen molar-refractivity contribution in [1.29, 1.82) is 5.26 Å². The molecule has 2 aliphatic heterocycles. The second-order valence-corrected chi connectivity index (χ2v) is 7.78. The van der Waals surface area contributed by atoms with E-state index in [0.717, 1.165) is 12.1 Å². The minimum absolute atomic E-state index is 0.0859. The number of hydrogen-bond donors (Lipinski definition) is 1. The first-order chi connectivity index (χ1) is 15.4. The first-order valence-electron chi connectivity index (χ1n) is 9.92. The van der Waals surface area contributed by atoms with E-state index in [1.165, 1.54) is 23.0 Å². The van der Waals surface area contributed by atoms with E-state index in [2.05, 4.69) is 10.1 Å². The molecule has 3 atom stereocenters. The minimum atomic E-state index is -4.92. The van der Waals surface area contributed by atoms with Crippen LogP contribution >= 0.6 is 0 Å². The maximum atomic E-state index is 13.7. The average Bonchev–Trinajstić information content (AvgIpc) is 3.23. The smallest absolute Gasteiger partial charge is 0.417 e. The Labute approximate surface area is 184 Å². The molecule has 0 aromatic heterocycles. The molecule has 0 saturated carbocycles. The van der Waals surface area contributed by atoms with Crippen molar-refractivity contribution in [3.05, 3.63) is 34.9 Å². The summed E-state index contributed by atoms with van der Waals surface area (Å²) in [7, 11) is 1.20. The van der Waals surface area contributed by atoms with Crippen LogP contribution in [0, 0.1) is 11.3 Å². The van der Waals surface area contributed by atoms with E-state index in [-0.39, 0.29) is 38.2 Å². The lowest BCUT2D eigenvalue weighted by Crippen LogP contribution is -2.55. The number of ether oxygens (including phenoxy) is 1. The van der Waals surface area contributed by atoms with E-state index in [4.69, 9.17) is 5.26 Å². The fourth-order valence-corrected chi connectivity index (χ4v) is 4.20. The van der Waals surface area contributed by atoms with Crippen LogP contribution in [0.1, 0.15) is 29.0 Å². The third kappa shape index (κ3) is 5.16. The van der Waals surface area contributed by atoms with Gasteiger partial charge in [-0.15, -0.1) is 0 Å². The molecule has 2 fully saturated rings. The van der Waals surface area contributed by atoms with Crippen LogP contribution in [0.25, 0.3) is 0 Å². The van der Waals surface area contributed by atoms with Crippen molar-refractivity contribution in [2.75, 3.05) is 33.3 Å². The van der Waals surface area contributed by atoms with Gasteiger partial charge in [0.1, 0.15) is 6.04 Å².